The van der Waals surface area contributed by atoms with Gasteiger partial charge in [-0.1, -0.05) is 0 Å². The van der Waals surface area contributed by atoms with Crippen molar-refractivity contribution < 1.29 is 19.2 Å². The molecule has 2 aliphatic heterocycles. The van der Waals surface area contributed by atoms with Crippen molar-refractivity contribution in [2.24, 2.45) is 17.1 Å². The van der Waals surface area contributed by atoms with Gasteiger partial charge >= 0.3 is 0 Å². The van der Waals surface area contributed by atoms with Gasteiger partial charge in [0.2, 0.25) is 11.8 Å². The van der Waals surface area contributed by atoms with Crippen molar-refractivity contribution in [1.29, 1.82) is 0 Å². The number of amides is 4. The van der Waals surface area contributed by atoms with Crippen molar-refractivity contribution in [2.75, 3.05) is 11.9 Å². The molecular weight excluding hydrogens is 372 g/mol. The number of anilines is 1. The fraction of sp³-hybridized carbons (Fsp3) is 0.524. The van der Waals surface area contributed by atoms with Crippen molar-refractivity contribution in [3.8, 4) is 0 Å². The minimum Gasteiger partial charge on any atom is -0.384 e. The van der Waals surface area contributed by atoms with Crippen LogP contribution in [0.3, 0.4) is 0 Å². The molecule has 1 aromatic carbocycles. The third-order valence-corrected chi connectivity index (χ3v) is 7.20. The molecule has 2 aliphatic carbocycles. The Bertz CT molecular complexity index is 945. The third-order valence-electron chi connectivity index (χ3n) is 7.20. The highest BCUT2D eigenvalue weighted by molar-refractivity contribution is 6.23. The second kappa shape index (κ2) is 6.38. The molecule has 8 heteroatoms. The standard InChI is InChI=1S/C21H24N4O4/c22-16-7-11-5-6-21(16,9-11)10-23-12-1-2-13-14(8-12)20(29)25(19(13)28)15-3-4-17(26)24-18(15)27/h1-2,8,11,15-16,23H,3-7,9-10,22H2,(H,24,26,27). The summed E-state index contributed by atoms with van der Waals surface area (Å²) >= 11 is 0. The number of imide groups is 2. The van der Waals surface area contributed by atoms with E-state index in [1.54, 1.807) is 18.2 Å². The lowest BCUT2D eigenvalue weighted by Crippen LogP contribution is -2.54. The summed E-state index contributed by atoms with van der Waals surface area (Å²) in [5.41, 5.74) is 7.84. The summed E-state index contributed by atoms with van der Waals surface area (Å²) in [4.78, 5) is 50.2. The van der Waals surface area contributed by atoms with E-state index in [1.165, 1.54) is 6.42 Å². The average Bonchev–Trinajstić information content (AvgIpc) is 3.32. The molecule has 2 bridgehead atoms. The molecule has 4 unspecified atom stereocenters. The van der Waals surface area contributed by atoms with Gasteiger partial charge in [0.05, 0.1) is 11.1 Å². The average molecular weight is 396 g/mol. The summed E-state index contributed by atoms with van der Waals surface area (Å²) in [6, 6.07) is 4.37. The monoisotopic (exact) mass is 396 g/mol. The molecule has 4 atom stereocenters. The Morgan fingerprint density at radius 3 is 2.62 bits per heavy atom. The molecule has 1 saturated heterocycles. The van der Waals surface area contributed by atoms with Gasteiger partial charge in [-0.15, -0.1) is 0 Å². The molecule has 8 nitrogen and oxygen atoms in total. The Balaban J connectivity index is 1.34. The lowest BCUT2D eigenvalue weighted by molar-refractivity contribution is -0.136. The highest BCUT2D eigenvalue weighted by atomic mass is 16.2. The first-order chi connectivity index (χ1) is 13.9. The zero-order valence-electron chi connectivity index (χ0n) is 16.1. The van der Waals surface area contributed by atoms with Gasteiger partial charge in [0.15, 0.2) is 0 Å². The van der Waals surface area contributed by atoms with Gasteiger partial charge in [0.1, 0.15) is 6.04 Å². The van der Waals surface area contributed by atoms with Gasteiger partial charge in [0, 0.05) is 30.1 Å². The Morgan fingerprint density at radius 2 is 1.93 bits per heavy atom. The van der Waals surface area contributed by atoms with Crippen molar-refractivity contribution in [1.82, 2.24) is 10.2 Å². The van der Waals surface area contributed by atoms with E-state index >= 15 is 0 Å². The highest BCUT2D eigenvalue weighted by Gasteiger charge is 2.50. The maximum atomic E-state index is 12.9. The summed E-state index contributed by atoms with van der Waals surface area (Å²) in [5.74, 6) is -1.22. The number of fused-ring (bicyclic) bond motifs is 3. The number of carbonyl (C=O) groups is 4. The first-order valence-electron chi connectivity index (χ1n) is 10.2. The fourth-order valence-electron chi connectivity index (χ4n) is 5.57. The maximum absolute atomic E-state index is 12.9. The lowest BCUT2D eigenvalue weighted by atomic mass is 9.80. The normalized spacial score (nSPS) is 33.3. The number of hydrogen-bond acceptors (Lipinski definition) is 6. The van der Waals surface area contributed by atoms with Crippen LogP contribution >= 0.6 is 0 Å². The highest BCUT2D eigenvalue weighted by Crippen LogP contribution is 2.53. The molecule has 2 heterocycles. The van der Waals surface area contributed by atoms with E-state index in [-0.39, 0.29) is 30.2 Å². The van der Waals surface area contributed by atoms with E-state index in [9.17, 15) is 19.2 Å². The smallest absolute Gasteiger partial charge is 0.262 e. The first kappa shape index (κ1) is 18.3. The molecule has 152 valence electrons. The van der Waals surface area contributed by atoms with Crippen molar-refractivity contribution in [3.05, 3.63) is 29.3 Å². The van der Waals surface area contributed by atoms with Crippen LogP contribution in [0, 0.1) is 11.3 Å². The molecule has 4 N–H and O–H groups in total. The van der Waals surface area contributed by atoms with E-state index in [2.05, 4.69) is 10.6 Å². The molecule has 29 heavy (non-hydrogen) atoms. The Labute approximate surface area is 168 Å². The fourth-order valence-corrected chi connectivity index (χ4v) is 5.57. The van der Waals surface area contributed by atoms with Crippen molar-refractivity contribution in [2.45, 2.75) is 50.6 Å². The molecule has 3 fully saturated rings. The Morgan fingerprint density at radius 1 is 1.14 bits per heavy atom. The van der Waals surface area contributed by atoms with Crippen LogP contribution < -0.4 is 16.4 Å². The number of hydrogen-bond donors (Lipinski definition) is 3. The number of carbonyl (C=O) groups excluding carboxylic acids is 4. The molecule has 0 radical (unpaired) electrons. The summed E-state index contributed by atoms with van der Waals surface area (Å²) in [5, 5.41) is 5.63. The van der Waals surface area contributed by atoms with Crippen LogP contribution in [-0.2, 0) is 9.59 Å². The molecule has 4 aliphatic rings. The van der Waals surface area contributed by atoms with Crippen LogP contribution in [0.1, 0.15) is 59.2 Å². The second-order valence-electron chi connectivity index (χ2n) is 8.87. The zero-order chi connectivity index (χ0) is 20.3. The number of nitrogens with one attached hydrogen (secondary N) is 2. The van der Waals surface area contributed by atoms with Crippen LogP contribution in [0.25, 0.3) is 0 Å². The van der Waals surface area contributed by atoms with Gasteiger partial charge in [-0.25, -0.2) is 0 Å². The topological polar surface area (TPSA) is 122 Å². The minimum atomic E-state index is -0.942. The molecule has 5 rings (SSSR count). The predicted molar refractivity (Wildman–Crippen MR) is 104 cm³/mol. The van der Waals surface area contributed by atoms with Gasteiger partial charge in [-0.2, -0.15) is 0 Å². The predicted octanol–water partition coefficient (Wildman–Crippen LogP) is 1.02. The second-order valence-corrected chi connectivity index (χ2v) is 8.87. The summed E-state index contributed by atoms with van der Waals surface area (Å²) in [6.07, 6.45) is 4.85. The van der Waals surface area contributed by atoms with Gasteiger partial charge in [-0.3, -0.25) is 29.4 Å². The molecule has 0 aromatic heterocycles. The van der Waals surface area contributed by atoms with Crippen LogP contribution in [0.4, 0.5) is 5.69 Å². The minimum absolute atomic E-state index is 0.111. The number of nitrogens with zero attached hydrogens (tertiary/aromatic N) is 1. The van der Waals surface area contributed by atoms with Crippen LogP contribution in [0.5, 0.6) is 0 Å². The van der Waals surface area contributed by atoms with Gasteiger partial charge in [0.25, 0.3) is 11.8 Å². The number of rotatable bonds is 4. The van der Waals surface area contributed by atoms with E-state index in [1.807, 2.05) is 0 Å². The SMILES string of the molecule is NC1CC2CCC1(CNc1ccc3c(c1)C(=O)N(C1CCC(=O)NC1=O)C3=O)C2. The van der Waals surface area contributed by atoms with Gasteiger partial charge in [-0.05, 0) is 56.2 Å². The molecule has 4 amide bonds. The summed E-state index contributed by atoms with van der Waals surface area (Å²) in [6.45, 7) is 0.752. The lowest BCUT2D eigenvalue weighted by Gasteiger charge is -2.33. The van der Waals surface area contributed by atoms with Crippen LogP contribution in [0.15, 0.2) is 18.2 Å². The summed E-state index contributed by atoms with van der Waals surface area (Å²) < 4.78 is 0. The largest absolute Gasteiger partial charge is 0.384 e. The van der Waals surface area contributed by atoms with E-state index in [4.69, 9.17) is 5.73 Å². The van der Waals surface area contributed by atoms with Crippen LogP contribution in [-0.4, -0.2) is 47.2 Å². The zero-order valence-corrected chi connectivity index (χ0v) is 16.1. The number of nitrogens with two attached hydrogens (primary N) is 1. The molecule has 1 aromatic rings. The van der Waals surface area contributed by atoms with Crippen LogP contribution in [0.2, 0.25) is 0 Å². The van der Waals surface area contributed by atoms with E-state index in [0.717, 1.165) is 42.3 Å². The third kappa shape index (κ3) is 2.77. The number of piperidine rings is 1. The molecule has 2 saturated carbocycles. The van der Waals surface area contributed by atoms with E-state index in [0.29, 0.717) is 11.1 Å². The maximum Gasteiger partial charge on any atom is 0.262 e. The Kier molecular flexibility index (Phi) is 4.03. The van der Waals surface area contributed by atoms with E-state index < -0.39 is 23.8 Å². The van der Waals surface area contributed by atoms with Crippen molar-refractivity contribution >= 4 is 29.3 Å². The molecule has 0 spiro atoms. The summed E-state index contributed by atoms with van der Waals surface area (Å²) in [7, 11) is 0. The van der Waals surface area contributed by atoms with Crippen molar-refractivity contribution in [3.63, 3.8) is 0 Å². The quantitative estimate of drug-likeness (QED) is 0.653. The number of benzene rings is 1. The first-order valence-corrected chi connectivity index (χ1v) is 10.2. The molecular formula is C21H24N4O4. The van der Waals surface area contributed by atoms with Gasteiger partial charge < -0.3 is 11.1 Å². The Hall–Kier alpha value is -2.74.